The van der Waals surface area contributed by atoms with Crippen LogP contribution in [-0.2, 0) is 4.74 Å². The van der Waals surface area contributed by atoms with Gasteiger partial charge in [0.15, 0.2) is 0 Å². The molecular formula is C20H21FN2O5. The third kappa shape index (κ3) is 4.36. The fourth-order valence-electron chi connectivity index (χ4n) is 2.96. The standard InChI is InChI=1S/C20H21FN2O5/c21-15-9-5-4-8-14(15)19(26)22-10-16-17(24)20(27,12-28-16)11-23-18(25)13-6-2-1-3-7-13/h1-9,16-17,24,27H,10-12H2,(H,22,26)(H,23,25)/t16-,17-,20+/m1/s1. The quantitative estimate of drug-likeness (QED) is 0.576. The van der Waals surface area contributed by atoms with Crippen LogP contribution in [0.5, 0.6) is 0 Å². The fourth-order valence-corrected chi connectivity index (χ4v) is 2.96. The SMILES string of the molecule is O=C(NC[C@]1(O)CO[C@H](CNC(=O)c2ccccc2F)[C@H]1O)c1ccccc1. The Labute approximate surface area is 161 Å². The van der Waals surface area contributed by atoms with Gasteiger partial charge in [0.2, 0.25) is 0 Å². The summed E-state index contributed by atoms with van der Waals surface area (Å²) in [5.41, 5.74) is -1.40. The number of aliphatic hydroxyl groups is 2. The minimum absolute atomic E-state index is 0.122. The van der Waals surface area contributed by atoms with E-state index in [0.29, 0.717) is 5.56 Å². The van der Waals surface area contributed by atoms with Gasteiger partial charge in [-0.2, -0.15) is 0 Å². The number of carbonyl (C=O) groups is 2. The predicted molar refractivity (Wildman–Crippen MR) is 98.2 cm³/mol. The highest BCUT2D eigenvalue weighted by atomic mass is 19.1. The molecule has 1 fully saturated rings. The summed E-state index contributed by atoms with van der Waals surface area (Å²) in [5.74, 6) is -1.70. The molecule has 4 N–H and O–H groups in total. The van der Waals surface area contributed by atoms with Crippen LogP contribution in [0.3, 0.4) is 0 Å². The molecule has 0 saturated carbocycles. The normalized spacial score (nSPS) is 24.0. The molecule has 1 saturated heterocycles. The molecule has 1 aliphatic heterocycles. The van der Waals surface area contributed by atoms with Gasteiger partial charge in [0.05, 0.1) is 18.7 Å². The van der Waals surface area contributed by atoms with E-state index < -0.39 is 35.4 Å². The van der Waals surface area contributed by atoms with E-state index in [1.54, 1.807) is 30.3 Å². The van der Waals surface area contributed by atoms with Crippen LogP contribution in [0.1, 0.15) is 20.7 Å². The molecule has 2 aromatic carbocycles. The Morgan fingerprint density at radius 3 is 2.46 bits per heavy atom. The zero-order chi connectivity index (χ0) is 20.1. The van der Waals surface area contributed by atoms with Gasteiger partial charge in [-0.3, -0.25) is 9.59 Å². The van der Waals surface area contributed by atoms with E-state index in [4.69, 9.17) is 4.74 Å². The lowest BCUT2D eigenvalue weighted by Gasteiger charge is -2.26. The summed E-state index contributed by atoms with van der Waals surface area (Å²) in [5, 5.41) is 26.0. The molecule has 1 heterocycles. The molecule has 0 aliphatic carbocycles. The van der Waals surface area contributed by atoms with E-state index in [-0.39, 0.29) is 25.3 Å². The summed E-state index contributed by atoms with van der Waals surface area (Å²) in [4.78, 5) is 24.2. The van der Waals surface area contributed by atoms with Crippen molar-refractivity contribution in [3.8, 4) is 0 Å². The highest BCUT2D eigenvalue weighted by molar-refractivity contribution is 5.94. The first kappa shape index (κ1) is 19.9. The molecule has 0 unspecified atom stereocenters. The van der Waals surface area contributed by atoms with Crippen LogP contribution >= 0.6 is 0 Å². The van der Waals surface area contributed by atoms with E-state index in [2.05, 4.69) is 10.6 Å². The molecule has 2 aromatic rings. The molecule has 7 nitrogen and oxygen atoms in total. The molecule has 3 atom stereocenters. The third-order valence-corrected chi connectivity index (χ3v) is 4.62. The van der Waals surface area contributed by atoms with Gasteiger partial charge in [0.25, 0.3) is 11.8 Å². The lowest BCUT2D eigenvalue weighted by Crippen LogP contribution is -2.53. The van der Waals surface area contributed by atoms with E-state index in [9.17, 15) is 24.2 Å². The van der Waals surface area contributed by atoms with Crippen molar-refractivity contribution in [2.24, 2.45) is 0 Å². The van der Waals surface area contributed by atoms with E-state index in [1.807, 2.05) is 0 Å². The van der Waals surface area contributed by atoms with Crippen LogP contribution in [0.25, 0.3) is 0 Å². The Morgan fingerprint density at radius 2 is 1.75 bits per heavy atom. The maximum atomic E-state index is 13.6. The van der Waals surface area contributed by atoms with Crippen LogP contribution in [0.4, 0.5) is 4.39 Å². The zero-order valence-corrected chi connectivity index (χ0v) is 15.0. The van der Waals surface area contributed by atoms with Gasteiger partial charge < -0.3 is 25.6 Å². The predicted octanol–water partition coefficient (Wildman–Crippen LogP) is 0.476. The molecule has 0 spiro atoms. The molecule has 1 aliphatic rings. The van der Waals surface area contributed by atoms with Crippen LogP contribution in [0.2, 0.25) is 0 Å². The van der Waals surface area contributed by atoms with Crippen molar-refractivity contribution in [2.75, 3.05) is 19.7 Å². The van der Waals surface area contributed by atoms with Gasteiger partial charge in [-0.15, -0.1) is 0 Å². The summed E-state index contributed by atoms with van der Waals surface area (Å²) in [6.45, 7) is -0.563. The average molecular weight is 388 g/mol. The van der Waals surface area contributed by atoms with E-state index in [0.717, 1.165) is 0 Å². The molecule has 8 heteroatoms. The summed E-state index contributed by atoms with van der Waals surface area (Å²) >= 11 is 0. The first-order chi connectivity index (χ1) is 13.4. The Balaban J connectivity index is 1.53. The van der Waals surface area contributed by atoms with Crippen molar-refractivity contribution in [1.82, 2.24) is 10.6 Å². The average Bonchev–Trinajstić information content (AvgIpc) is 3.00. The van der Waals surface area contributed by atoms with Crippen molar-refractivity contribution >= 4 is 11.8 Å². The zero-order valence-electron chi connectivity index (χ0n) is 15.0. The molecule has 2 amide bonds. The summed E-state index contributed by atoms with van der Waals surface area (Å²) in [6.07, 6.45) is -2.24. The third-order valence-electron chi connectivity index (χ3n) is 4.62. The monoisotopic (exact) mass is 388 g/mol. The van der Waals surface area contributed by atoms with Crippen molar-refractivity contribution in [3.63, 3.8) is 0 Å². The summed E-state index contributed by atoms with van der Waals surface area (Å²) in [6, 6.07) is 14.0. The summed E-state index contributed by atoms with van der Waals surface area (Å²) < 4.78 is 19.0. The molecule has 0 radical (unpaired) electrons. The number of ether oxygens (including phenoxy) is 1. The highest BCUT2D eigenvalue weighted by Gasteiger charge is 2.48. The number of halogens is 1. The van der Waals surface area contributed by atoms with E-state index in [1.165, 1.54) is 24.3 Å². The largest absolute Gasteiger partial charge is 0.387 e. The van der Waals surface area contributed by atoms with Crippen molar-refractivity contribution in [1.29, 1.82) is 0 Å². The number of rotatable bonds is 6. The molecular weight excluding hydrogens is 367 g/mol. The van der Waals surface area contributed by atoms with Crippen LogP contribution in [0.15, 0.2) is 54.6 Å². The smallest absolute Gasteiger partial charge is 0.254 e. The number of hydrogen-bond acceptors (Lipinski definition) is 5. The number of benzene rings is 2. The fraction of sp³-hybridized carbons (Fsp3) is 0.300. The topological polar surface area (TPSA) is 108 Å². The Hall–Kier alpha value is -2.81. The molecule has 0 bridgehead atoms. The second-order valence-corrected chi connectivity index (χ2v) is 6.64. The number of aliphatic hydroxyl groups excluding tert-OH is 1. The van der Waals surface area contributed by atoms with Crippen LogP contribution in [-0.4, -0.2) is 59.5 Å². The lowest BCUT2D eigenvalue weighted by atomic mass is 9.96. The van der Waals surface area contributed by atoms with Crippen LogP contribution in [0, 0.1) is 5.82 Å². The van der Waals surface area contributed by atoms with Gasteiger partial charge in [0.1, 0.15) is 23.6 Å². The Bertz CT molecular complexity index is 847. The number of amides is 2. The molecule has 0 aromatic heterocycles. The maximum Gasteiger partial charge on any atom is 0.254 e. The number of carbonyl (C=O) groups excluding carboxylic acids is 2. The minimum atomic E-state index is -1.70. The van der Waals surface area contributed by atoms with Crippen LogP contribution < -0.4 is 10.6 Å². The second-order valence-electron chi connectivity index (χ2n) is 6.64. The number of nitrogens with one attached hydrogen (secondary N) is 2. The van der Waals surface area contributed by atoms with Gasteiger partial charge in [0, 0.05) is 12.1 Å². The van der Waals surface area contributed by atoms with Gasteiger partial charge >= 0.3 is 0 Å². The second kappa shape index (κ2) is 8.47. The summed E-state index contributed by atoms with van der Waals surface area (Å²) in [7, 11) is 0. The first-order valence-corrected chi connectivity index (χ1v) is 8.79. The number of hydrogen-bond donors (Lipinski definition) is 4. The van der Waals surface area contributed by atoms with Gasteiger partial charge in [-0.1, -0.05) is 30.3 Å². The Kier molecular flexibility index (Phi) is 6.03. The molecule has 3 rings (SSSR count). The van der Waals surface area contributed by atoms with E-state index >= 15 is 0 Å². The minimum Gasteiger partial charge on any atom is -0.387 e. The molecule has 148 valence electrons. The maximum absolute atomic E-state index is 13.6. The van der Waals surface area contributed by atoms with Crippen molar-refractivity contribution in [2.45, 2.75) is 17.8 Å². The Morgan fingerprint density at radius 1 is 1.07 bits per heavy atom. The van der Waals surface area contributed by atoms with Crippen molar-refractivity contribution < 1.29 is 28.9 Å². The van der Waals surface area contributed by atoms with Crippen molar-refractivity contribution in [3.05, 3.63) is 71.5 Å². The lowest BCUT2D eigenvalue weighted by molar-refractivity contribution is -0.0464. The molecule has 28 heavy (non-hydrogen) atoms. The highest BCUT2D eigenvalue weighted by Crippen LogP contribution is 2.24. The first-order valence-electron chi connectivity index (χ1n) is 8.79. The van der Waals surface area contributed by atoms with Gasteiger partial charge in [-0.05, 0) is 24.3 Å². The van der Waals surface area contributed by atoms with Gasteiger partial charge in [-0.25, -0.2) is 4.39 Å².